The van der Waals surface area contributed by atoms with Gasteiger partial charge in [-0.3, -0.25) is 0 Å². The molecule has 0 N–H and O–H groups in total. The lowest BCUT2D eigenvalue weighted by Crippen LogP contribution is -2.32. The molecule has 0 amide bonds. The molecular weight excluding hydrogens is 349 g/mol. The van der Waals surface area contributed by atoms with E-state index in [1.807, 2.05) is 36.1 Å². The number of nitrogens with zero attached hydrogens (tertiary/aromatic N) is 1. The first-order valence-electron chi connectivity index (χ1n) is 7.42. The summed E-state index contributed by atoms with van der Waals surface area (Å²) >= 11 is 12.4. The Morgan fingerprint density at radius 1 is 1.17 bits per heavy atom. The normalized spacial score (nSPS) is 13.7. The first-order chi connectivity index (χ1) is 11.5. The molecule has 1 aromatic heterocycles. The van der Waals surface area contributed by atoms with Crippen LogP contribution in [0, 0.1) is 6.92 Å². The Kier molecular flexibility index (Phi) is 3.66. The largest absolute Gasteiger partial charge is 0.473 e. The lowest BCUT2D eigenvalue weighted by Gasteiger charge is -2.31. The Labute approximate surface area is 148 Å². The van der Waals surface area contributed by atoms with Crippen LogP contribution in [0.5, 0.6) is 5.75 Å². The average Bonchev–Trinajstić information content (AvgIpc) is 2.56. The van der Waals surface area contributed by atoms with Crippen molar-refractivity contribution in [1.82, 2.24) is 0 Å². The number of rotatable bonds is 1. The number of halogens is 2. The molecule has 6 heteroatoms. The van der Waals surface area contributed by atoms with Crippen LogP contribution in [0.25, 0.3) is 11.0 Å². The first-order valence-corrected chi connectivity index (χ1v) is 8.18. The van der Waals surface area contributed by atoms with E-state index in [2.05, 4.69) is 0 Å². The molecule has 0 saturated heterocycles. The molecule has 122 valence electrons. The summed E-state index contributed by atoms with van der Waals surface area (Å²) in [6, 6.07) is 10.8. The maximum absolute atomic E-state index is 11.8. The standard InChI is InChI=1S/C18H13Cl2NO3/c1-10-7-16(22)24-18-11(10)5-6-15-12(18)8-21(9-23-15)14-4-2-3-13(19)17(14)20/h2-7H,8-9H2,1H3. The van der Waals surface area contributed by atoms with Crippen molar-refractivity contribution in [1.29, 1.82) is 0 Å². The van der Waals surface area contributed by atoms with Crippen LogP contribution >= 0.6 is 23.2 Å². The van der Waals surface area contributed by atoms with Crippen LogP contribution in [0.1, 0.15) is 11.1 Å². The van der Waals surface area contributed by atoms with E-state index in [1.54, 1.807) is 6.07 Å². The van der Waals surface area contributed by atoms with Gasteiger partial charge < -0.3 is 14.1 Å². The Bertz CT molecular complexity index is 1010. The minimum Gasteiger partial charge on any atom is -0.473 e. The average molecular weight is 362 g/mol. The molecule has 0 aliphatic carbocycles. The van der Waals surface area contributed by atoms with E-state index in [4.69, 9.17) is 32.4 Å². The highest BCUT2D eigenvalue weighted by Gasteiger charge is 2.24. The molecule has 3 aromatic rings. The second-order valence-corrected chi connectivity index (χ2v) is 6.50. The van der Waals surface area contributed by atoms with Crippen LogP contribution in [0.2, 0.25) is 10.0 Å². The van der Waals surface area contributed by atoms with Crippen molar-refractivity contribution >= 4 is 39.9 Å². The zero-order valence-electron chi connectivity index (χ0n) is 12.8. The highest BCUT2D eigenvalue weighted by molar-refractivity contribution is 6.43. The first kappa shape index (κ1) is 15.4. The number of hydrogen-bond acceptors (Lipinski definition) is 4. The SMILES string of the molecule is Cc1cc(=O)oc2c3c(ccc12)OCN(c1cccc(Cl)c1Cl)C3. The van der Waals surface area contributed by atoms with Gasteiger partial charge >= 0.3 is 5.63 Å². The molecule has 0 saturated carbocycles. The fraction of sp³-hybridized carbons (Fsp3) is 0.167. The third kappa shape index (κ3) is 2.43. The second kappa shape index (κ2) is 5.72. The molecule has 4 nitrogen and oxygen atoms in total. The van der Waals surface area contributed by atoms with E-state index in [9.17, 15) is 4.79 Å². The van der Waals surface area contributed by atoms with Crippen LogP contribution in [-0.4, -0.2) is 6.73 Å². The van der Waals surface area contributed by atoms with E-state index >= 15 is 0 Å². The van der Waals surface area contributed by atoms with E-state index in [1.165, 1.54) is 6.07 Å². The van der Waals surface area contributed by atoms with Crippen molar-refractivity contribution in [2.24, 2.45) is 0 Å². The third-order valence-corrected chi connectivity index (χ3v) is 4.99. The van der Waals surface area contributed by atoms with Crippen LogP contribution in [0.15, 0.2) is 45.6 Å². The highest BCUT2D eigenvalue weighted by Crippen LogP contribution is 2.38. The van der Waals surface area contributed by atoms with E-state index < -0.39 is 0 Å². The van der Waals surface area contributed by atoms with Gasteiger partial charge in [-0.05, 0) is 36.8 Å². The predicted octanol–water partition coefficient (Wildman–Crippen LogP) is 4.76. The minimum atomic E-state index is -0.369. The van der Waals surface area contributed by atoms with Crippen molar-refractivity contribution in [2.75, 3.05) is 11.6 Å². The number of hydrogen-bond donors (Lipinski definition) is 0. The molecule has 24 heavy (non-hydrogen) atoms. The van der Waals surface area contributed by atoms with Crippen LogP contribution < -0.4 is 15.3 Å². The van der Waals surface area contributed by atoms with E-state index in [0.29, 0.717) is 34.7 Å². The van der Waals surface area contributed by atoms with Gasteiger partial charge in [0, 0.05) is 11.5 Å². The lowest BCUT2D eigenvalue weighted by atomic mass is 10.0. The number of benzene rings is 2. The molecule has 2 heterocycles. The minimum absolute atomic E-state index is 0.342. The molecule has 2 aromatic carbocycles. The van der Waals surface area contributed by atoms with Gasteiger partial charge in [0.05, 0.1) is 27.8 Å². The van der Waals surface area contributed by atoms with Gasteiger partial charge in [0.2, 0.25) is 0 Å². The van der Waals surface area contributed by atoms with Gasteiger partial charge in [-0.25, -0.2) is 4.79 Å². The summed E-state index contributed by atoms with van der Waals surface area (Å²) in [5.41, 5.74) is 2.67. The number of fused-ring (bicyclic) bond motifs is 3. The maximum atomic E-state index is 11.8. The summed E-state index contributed by atoms with van der Waals surface area (Å²) in [5.74, 6) is 0.714. The van der Waals surface area contributed by atoms with Gasteiger partial charge in [-0.15, -0.1) is 0 Å². The van der Waals surface area contributed by atoms with Gasteiger partial charge in [0.1, 0.15) is 11.3 Å². The number of ether oxygens (including phenoxy) is 1. The summed E-state index contributed by atoms with van der Waals surface area (Å²) in [6.07, 6.45) is 0. The van der Waals surface area contributed by atoms with Crippen molar-refractivity contribution in [3.63, 3.8) is 0 Å². The topological polar surface area (TPSA) is 42.7 Å². The van der Waals surface area contributed by atoms with Crippen LogP contribution in [0.4, 0.5) is 5.69 Å². The molecular formula is C18H13Cl2NO3. The maximum Gasteiger partial charge on any atom is 0.336 e. The molecule has 1 aliphatic heterocycles. The van der Waals surface area contributed by atoms with Crippen molar-refractivity contribution in [3.8, 4) is 5.75 Å². The molecule has 0 spiro atoms. The zero-order chi connectivity index (χ0) is 16.8. The summed E-state index contributed by atoms with van der Waals surface area (Å²) in [4.78, 5) is 13.7. The van der Waals surface area contributed by atoms with Gasteiger partial charge in [-0.2, -0.15) is 0 Å². The van der Waals surface area contributed by atoms with Crippen LogP contribution in [-0.2, 0) is 6.54 Å². The Balaban J connectivity index is 1.86. The zero-order valence-corrected chi connectivity index (χ0v) is 14.3. The molecule has 0 bridgehead atoms. The fourth-order valence-electron chi connectivity index (χ4n) is 2.98. The second-order valence-electron chi connectivity index (χ2n) is 5.71. The highest BCUT2D eigenvalue weighted by atomic mass is 35.5. The Morgan fingerprint density at radius 2 is 2.00 bits per heavy atom. The van der Waals surface area contributed by atoms with Crippen molar-refractivity contribution in [2.45, 2.75) is 13.5 Å². The number of anilines is 1. The molecule has 4 rings (SSSR count). The molecule has 0 radical (unpaired) electrons. The molecule has 1 aliphatic rings. The summed E-state index contributed by atoms with van der Waals surface area (Å²) in [5, 5.41) is 1.86. The quantitative estimate of drug-likeness (QED) is 0.585. The van der Waals surface area contributed by atoms with E-state index in [0.717, 1.165) is 22.2 Å². The van der Waals surface area contributed by atoms with Gasteiger partial charge in [0.15, 0.2) is 6.73 Å². The third-order valence-electron chi connectivity index (χ3n) is 4.18. The van der Waals surface area contributed by atoms with E-state index in [-0.39, 0.29) is 5.63 Å². The molecule has 0 unspecified atom stereocenters. The Morgan fingerprint density at radius 3 is 2.83 bits per heavy atom. The molecule has 0 fully saturated rings. The van der Waals surface area contributed by atoms with Crippen molar-refractivity contribution < 1.29 is 9.15 Å². The molecule has 0 atom stereocenters. The van der Waals surface area contributed by atoms with Gasteiger partial charge in [-0.1, -0.05) is 29.3 Å². The van der Waals surface area contributed by atoms with Gasteiger partial charge in [0.25, 0.3) is 0 Å². The number of aryl methyl sites for hydroxylation is 1. The van der Waals surface area contributed by atoms with Crippen molar-refractivity contribution in [3.05, 3.63) is 68.0 Å². The predicted molar refractivity (Wildman–Crippen MR) is 95.4 cm³/mol. The Hall–Kier alpha value is -2.17. The smallest absolute Gasteiger partial charge is 0.336 e. The summed E-state index contributed by atoms with van der Waals surface area (Å²) < 4.78 is 11.3. The summed E-state index contributed by atoms with van der Waals surface area (Å²) in [7, 11) is 0. The van der Waals surface area contributed by atoms with Crippen LogP contribution in [0.3, 0.4) is 0 Å². The summed E-state index contributed by atoms with van der Waals surface area (Å²) in [6.45, 7) is 2.74. The monoisotopic (exact) mass is 361 g/mol. The lowest BCUT2D eigenvalue weighted by molar-refractivity contribution is 0.289. The fourth-order valence-corrected chi connectivity index (χ4v) is 3.40.